The number of hydrogen-bond donors (Lipinski definition) is 2. The molecule has 0 radical (unpaired) electrons. The summed E-state index contributed by atoms with van der Waals surface area (Å²) in [6.45, 7) is 4.65. The topological polar surface area (TPSA) is 107 Å². The molecule has 6 aliphatic rings. The predicted molar refractivity (Wildman–Crippen MR) is 148 cm³/mol. The zero-order valence-electron chi connectivity index (χ0n) is 24.8. The predicted octanol–water partition coefficient (Wildman–Crippen LogP) is 2.14. The minimum Gasteiger partial charge on any atom is -0.455 e. The van der Waals surface area contributed by atoms with Gasteiger partial charge in [-0.3, -0.25) is 4.90 Å². The molecule has 1 aromatic rings. The molecule has 7 rings (SSSR count). The van der Waals surface area contributed by atoms with Crippen molar-refractivity contribution in [2.75, 3.05) is 48.1 Å². The number of hydrogen-bond acceptors (Lipinski definition) is 9. The van der Waals surface area contributed by atoms with E-state index >= 15 is 0 Å². The molecule has 13 atom stereocenters. The Bertz CT molecular complexity index is 1180. The van der Waals surface area contributed by atoms with E-state index in [9.17, 15) is 15.0 Å². The molecule has 6 fully saturated rings. The summed E-state index contributed by atoms with van der Waals surface area (Å²) in [6, 6.07) is 8.99. The van der Waals surface area contributed by atoms with E-state index in [1.165, 1.54) is 7.11 Å². The standard InChI is InChI=1S/C32H45NO8/c1-6-33-16-29(17-37-2)13-12-22(38-3)31-20-15-30(36)26(41-28(35)18-10-8-7-9-11-18)23(20)32(40-5,25(34)27(30)39-4)19(24(31)33)14-21(29)31/h7-11,19-27,34,36H,6,12-17H2,1-5H3/t19-,20+,21+,22-,23+,24?,25-,26+,27-,29-,30+,31+,32-/m0/s1. The Morgan fingerprint density at radius 1 is 1.07 bits per heavy atom. The summed E-state index contributed by atoms with van der Waals surface area (Å²) in [5.41, 5.74) is -2.62. The number of nitrogens with zero attached hydrogens (tertiary/aromatic N) is 1. The number of aliphatic hydroxyl groups is 2. The number of methoxy groups -OCH3 is 4. The second-order valence-electron chi connectivity index (χ2n) is 13.6. The van der Waals surface area contributed by atoms with E-state index in [0.29, 0.717) is 18.6 Å². The number of aliphatic hydroxyl groups excluding tert-OH is 1. The fourth-order valence-corrected chi connectivity index (χ4v) is 12.0. The molecular weight excluding hydrogens is 526 g/mol. The molecule has 9 nitrogen and oxygen atoms in total. The third-order valence-electron chi connectivity index (χ3n) is 12.9. The number of likely N-dealkylation sites (tertiary alicyclic amines) is 1. The number of fused-ring (bicyclic) bond motifs is 2. The van der Waals surface area contributed by atoms with E-state index in [4.69, 9.17) is 23.7 Å². The number of piperidine rings is 1. The number of benzene rings is 1. The van der Waals surface area contributed by atoms with Crippen LogP contribution in [0.4, 0.5) is 0 Å². The van der Waals surface area contributed by atoms with Gasteiger partial charge in [0.1, 0.15) is 29.5 Å². The molecule has 41 heavy (non-hydrogen) atoms. The summed E-state index contributed by atoms with van der Waals surface area (Å²) >= 11 is 0. The Kier molecular flexibility index (Phi) is 6.50. The van der Waals surface area contributed by atoms with Gasteiger partial charge in [0.25, 0.3) is 0 Å². The molecule has 7 bridgehead atoms. The molecule has 0 aromatic heterocycles. The highest BCUT2D eigenvalue weighted by molar-refractivity contribution is 5.89. The number of carbonyl (C=O) groups is 1. The van der Waals surface area contributed by atoms with E-state index in [1.807, 2.05) is 13.2 Å². The summed E-state index contributed by atoms with van der Waals surface area (Å²) in [4.78, 5) is 16.2. The average Bonchev–Trinajstić information content (AvgIpc) is 3.37. The monoisotopic (exact) mass is 571 g/mol. The van der Waals surface area contributed by atoms with Crippen LogP contribution in [-0.2, 0) is 23.7 Å². The highest BCUT2D eigenvalue weighted by Gasteiger charge is 2.88. The Balaban J connectivity index is 1.45. The zero-order valence-corrected chi connectivity index (χ0v) is 24.8. The van der Waals surface area contributed by atoms with Crippen LogP contribution in [0.2, 0.25) is 0 Å². The molecule has 1 saturated heterocycles. The van der Waals surface area contributed by atoms with Crippen LogP contribution in [0.1, 0.15) is 43.0 Å². The van der Waals surface area contributed by atoms with Gasteiger partial charge >= 0.3 is 5.97 Å². The maximum absolute atomic E-state index is 13.6. The Labute approximate surface area is 242 Å². The van der Waals surface area contributed by atoms with E-state index in [1.54, 1.807) is 38.5 Å². The molecule has 1 unspecified atom stereocenters. The molecule has 1 aliphatic heterocycles. The summed E-state index contributed by atoms with van der Waals surface area (Å²) in [7, 11) is 6.80. The van der Waals surface area contributed by atoms with Gasteiger partial charge < -0.3 is 33.9 Å². The largest absolute Gasteiger partial charge is 0.455 e. The van der Waals surface area contributed by atoms with Crippen LogP contribution in [0.3, 0.4) is 0 Å². The van der Waals surface area contributed by atoms with Gasteiger partial charge in [-0.2, -0.15) is 0 Å². The van der Waals surface area contributed by atoms with Gasteiger partial charge in [0, 0.05) is 63.7 Å². The first-order chi connectivity index (χ1) is 19.7. The molecule has 5 saturated carbocycles. The first kappa shape index (κ1) is 28.2. The summed E-state index contributed by atoms with van der Waals surface area (Å²) in [5, 5.41) is 24.9. The Morgan fingerprint density at radius 2 is 1.83 bits per heavy atom. The number of carbonyl (C=O) groups excluding carboxylic acids is 1. The van der Waals surface area contributed by atoms with Crippen LogP contribution >= 0.6 is 0 Å². The van der Waals surface area contributed by atoms with Crippen molar-refractivity contribution in [1.29, 1.82) is 0 Å². The maximum Gasteiger partial charge on any atom is 0.338 e. The van der Waals surface area contributed by atoms with Crippen LogP contribution in [-0.4, -0.2) is 111 Å². The van der Waals surface area contributed by atoms with Crippen molar-refractivity contribution in [2.24, 2.45) is 34.5 Å². The van der Waals surface area contributed by atoms with Gasteiger partial charge in [-0.05, 0) is 56.2 Å². The fourth-order valence-electron chi connectivity index (χ4n) is 12.0. The van der Waals surface area contributed by atoms with Gasteiger partial charge in [0.05, 0.1) is 18.3 Å². The lowest BCUT2D eigenvalue weighted by atomic mass is 9.43. The molecular formula is C32H45NO8. The molecule has 5 aliphatic carbocycles. The zero-order chi connectivity index (χ0) is 28.9. The molecule has 1 heterocycles. The minimum absolute atomic E-state index is 0.0340. The lowest BCUT2D eigenvalue weighted by Gasteiger charge is -2.70. The van der Waals surface area contributed by atoms with E-state index in [-0.39, 0.29) is 40.7 Å². The van der Waals surface area contributed by atoms with Gasteiger partial charge in [0.15, 0.2) is 0 Å². The lowest BCUT2D eigenvalue weighted by Crippen LogP contribution is -2.80. The maximum atomic E-state index is 13.6. The van der Waals surface area contributed by atoms with Crippen LogP contribution in [0.15, 0.2) is 30.3 Å². The number of rotatable bonds is 8. The van der Waals surface area contributed by atoms with Gasteiger partial charge in [-0.1, -0.05) is 25.1 Å². The normalized spacial score (nSPS) is 51.0. The molecule has 1 aromatic carbocycles. The van der Waals surface area contributed by atoms with E-state index in [0.717, 1.165) is 32.4 Å². The fraction of sp³-hybridized carbons (Fsp3) is 0.781. The Morgan fingerprint density at radius 3 is 2.46 bits per heavy atom. The summed E-state index contributed by atoms with van der Waals surface area (Å²) in [6.07, 6.45) is 0.0938. The molecule has 226 valence electrons. The van der Waals surface area contributed by atoms with Crippen molar-refractivity contribution in [3.05, 3.63) is 35.9 Å². The second-order valence-corrected chi connectivity index (χ2v) is 13.6. The van der Waals surface area contributed by atoms with Gasteiger partial charge in [-0.15, -0.1) is 0 Å². The molecule has 2 N–H and O–H groups in total. The Hall–Kier alpha value is -1.59. The quantitative estimate of drug-likeness (QED) is 0.454. The number of esters is 1. The van der Waals surface area contributed by atoms with E-state index in [2.05, 4.69) is 11.8 Å². The minimum atomic E-state index is -1.58. The SMILES string of the molecule is CCN1C[C@]2(COC)CC[C@H](OC)[C@]34C1[C@H](C[C@H]23)[C@]1(OC)[C@H]2[C@@H](OC(=O)c3ccccc3)[C@](O)(C[C@H]24)[C@@H](OC)[C@@H]1O. The smallest absolute Gasteiger partial charge is 0.338 e. The van der Waals surface area contributed by atoms with Crippen LogP contribution in [0.25, 0.3) is 0 Å². The third-order valence-corrected chi connectivity index (χ3v) is 12.9. The highest BCUT2D eigenvalue weighted by atomic mass is 16.6. The van der Waals surface area contributed by atoms with Gasteiger partial charge in [-0.25, -0.2) is 4.79 Å². The summed E-state index contributed by atoms with van der Waals surface area (Å²) < 4.78 is 31.3. The van der Waals surface area contributed by atoms with Crippen molar-refractivity contribution in [1.82, 2.24) is 4.90 Å². The van der Waals surface area contributed by atoms with Crippen molar-refractivity contribution in [3.8, 4) is 0 Å². The van der Waals surface area contributed by atoms with Crippen LogP contribution in [0.5, 0.6) is 0 Å². The summed E-state index contributed by atoms with van der Waals surface area (Å²) in [5.74, 6) is -0.847. The van der Waals surface area contributed by atoms with Gasteiger partial charge in [0.2, 0.25) is 0 Å². The van der Waals surface area contributed by atoms with Crippen molar-refractivity contribution >= 4 is 5.97 Å². The first-order valence-electron chi connectivity index (χ1n) is 15.2. The third kappa shape index (κ3) is 3.14. The van der Waals surface area contributed by atoms with Crippen LogP contribution in [0, 0.1) is 34.5 Å². The molecule has 0 amide bonds. The second kappa shape index (κ2) is 9.45. The van der Waals surface area contributed by atoms with Crippen molar-refractivity contribution < 1.29 is 38.7 Å². The van der Waals surface area contributed by atoms with Crippen LogP contribution < -0.4 is 0 Å². The molecule has 9 heteroatoms. The highest BCUT2D eigenvalue weighted by Crippen LogP contribution is 2.80. The first-order valence-corrected chi connectivity index (χ1v) is 15.2. The van der Waals surface area contributed by atoms with Crippen molar-refractivity contribution in [2.45, 2.75) is 74.3 Å². The molecule has 1 spiro atoms. The average molecular weight is 572 g/mol. The van der Waals surface area contributed by atoms with Crippen molar-refractivity contribution in [3.63, 3.8) is 0 Å². The lowest BCUT2D eigenvalue weighted by molar-refractivity contribution is -0.319. The number of ether oxygens (including phenoxy) is 5. The van der Waals surface area contributed by atoms with E-state index < -0.39 is 41.4 Å².